The number of rotatable bonds is 6. The van der Waals surface area contributed by atoms with Gasteiger partial charge in [0.25, 0.3) is 5.91 Å². The second kappa shape index (κ2) is 6.80. The van der Waals surface area contributed by atoms with E-state index in [4.69, 9.17) is 9.52 Å². The van der Waals surface area contributed by atoms with Crippen LogP contribution in [0.25, 0.3) is 0 Å². The van der Waals surface area contributed by atoms with Gasteiger partial charge >= 0.3 is 5.97 Å². The van der Waals surface area contributed by atoms with Crippen LogP contribution in [0.5, 0.6) is 0 Å². The molecule has 1 aliphatic carbocycles. The molecule has 3 rings (SSSR count). The highest BCUT2D eigenvalue weighted by atomic mass is 16.4. The standard InChI is InChI=1S/C18H18N2O5/c1-10-15(18(23)24)8-14(25-10)9-19-16(21)11-4-6-13(7-5-11)20-17(22)12-2-3-12/h4-8,12H,2-3,9H2,1H3,(H,19,21)(H,20,22)(H,23,24). The fraction of sp³-hybridized carbons (Fsp3) is 0.278. The predicted octanol–water partition coefficient (Wildman–Crippen LogP) is 2.56. The van der Waals surface area contributed by atoms with Crippen LogP contribution < -0.4 is 10.6 Å². The van der Waals surface area contributed by atoms with Gasteiger partial charge in [-0.3, -0.25) is 9.59 Å². The van der Waals surface area contributed by atoms with Crippen molar-refractivity contribution in [3.63, 3.8) is 0 Å². The van der Waals surface area contributed by atoms with Gasteiger partial charge in [-0.15, -0.1) is 0 Å². The number of furan rings is 1. The number of nitrogens with one attached hydrogen (secondary N) is 2. The summed E-state index contributed by atoms with van der Waals surface area (Å²) < 4.78 is 5.31. The number of carbonyl (C=O) groups is 3. The number of benzene rings is 1. The molecule has 2 amide bonds. The lowest BCUT2D eigenvalue weighted by Gasteiger charge is -2.06. The molecule has 0 bridgehead atoms. The van der Waals surface area contributed by atoms with E-state index in [9.17, 15) is 14.4 Å². The van der Waals surface area contributed by atoms with E-state index in [1.54, 1.807) is 31.2 Å². The van der Waals surface area contributed by atoms with Crippen molar-refractivity contribution in [1.29, 1.82) is 0 Å². The molecule has 2 aromatic rings. The molecular formula is C18H18N2O5. The van der Waals surface area contributed by atoms with Crippen molar-refractivity contribution in [2.75, 3.05) is 5.32 Å². The van der Waals surface area contributed by atoms with Crippen LogP contribution in [0.15, 0.2) is 34.7 Å². The van der Waals surface area contributed by atoms with Gasteiger partial charge in [0.15, 0.2) is 0 Å². The minimum absolute atomic E-state index is 0.0135. The number of amides is 2. The van der Waals surface area contributed by atoms with E-state index in [1.165, 1.54) is 6.07 Å². The molecule has 1 aromatic heterocycles. The molecule has 0 atom stereocenters. The highest BCUT2D eigenvalue weighted by Gasteiger charge is 2.29. The summed E-state index contributed by atoms with van der Waals surface area (Å²) in [7, 11) is 0. The average Bonchev–Trinajstić information content (AvgIpc) is 3.36. The topological polar surface area (TPSA) is 109 Å². The fourth-order valence-electron chi connectivity index (χ4n) is 2.41. The molecule has 1 fully saturated rings. The number of aryl methyl sites for hydroxylation is 1. The predicted molar refractivity (Wildman–Crippen MR) is 89.4 cm³/mol. The lowest BCUT2D eigenvalue weighted by Crippen LogP contribution is -2.22. The summed E-state index contributed by atoms with van der Waals surface area (Å²) in [5.41, 5.74) is 1.17. The molecule has 0 unspecified atom stereocenters. The molecule has 1 aliphatic rings. The largest absolute Gasteiger partial charge is 0.478 e. The van der Waals surface area contributed by atoms with Crippen molar-refractivity contribution in [2.45, 2.75) is 26.3 Å². The molecule has 1 aromatic carbocycles. The Hall–Kier alpha value is -3.09. The number of carboxylic acid groups (broad SMARTS) is 1. The molecule has 7 nitrogen and oxygen atoms in total. The van der Waals surface area contributed by atoms with Crippen LogP contribution in [0.4, 0.5) is 5.69 Å². The zero-order valence-corrected chi connectivity index (χ0v) is 13.7. The Labute approximate surface area is 144 Å². The van der Waals surface area contributed by atoms with E-state index in [0.717, 1.165) is 12.8 Å². The molecule has 130 valence electrons. The lowest BCUT2D eigenvalue weighted by atomic mass is 10.2. The lowest BCUT2D eigenvalue weighted by molar-refractivity contribution is -0.117. The van der Waals surface area contributed by atoms with Crippen molar-refractivity contribution in [1.82, 2.24) is 5.32 Å². The van der Waals surface area contributed by atoms with Crippen molar-refractivity contribution in [3.8, 4) is 0 Å². The number of hydrogen-bond acceptors (Lipinski definition) is 4. The monoisotopic (exact) mass is 342 g/mol. The van der Waals surface area contributed by atoms with Gasteiger partial charge in [0, 0.05) is 17.2 Å². The van der Waals surface area contributed by atoms with E-state index >= 15 is 0 Å². The van der Waals surface area contributed by atoms with Crippen LogP contribution in [0, 0.1) is 12.8 Å². The molecule has 25 heavy (non-hydrogen) atoms. The third-order valence-electron chi connectivity index (χ3n) is 3.99. The summed E-state index contributed by atoms with van der Waals surface area (Å²) in [4.78, 5) is 34.8. The zero-order chi connectivity index (χ0) is 18.0. The molecule has 0 aliphatic heterocycles. The second-order valence-electron chi connectivity index (χ2n) is 6.01. The molecule has 0 saturated heterocycles. The van der Waals surface area contributed by atoms with E-state index in [1.807, 2.05) is 0 Å². The maximum absolute atomic E-state index is 12.1. The Morgan fingerprint density at radius 3 is 2.44 bits per heavy atom. The molecule has 0 spiro atoms. The van der Waals surface area contributed by atoms with Crippen molar-refractivity contribution >= 4 is 23.5 Å². The summed E-state index contributed by atoms with van der Waals surface area (Å²) in [6.07, 6.45) is 1.87. The van der Waals surface area contributed by atoms with E-state index < -0.39 is 5.97 Å². The van der Waals surface area contributed by atoms with Crippen molar-refractivity contribution in [2.24, 2.45) is 5.92 Å². The number of hydrogen-bond donors (Lipinski definition) is 3. The zero-order valence-electron chi connectivity index (χ0n) is 13.7. The summed E-state index contributed by atoms with van der Waals surface area (Å²) in [6.45, 7) is 1.65. The molecular weight excluding hydrogens is 324 g/mol. The third kappa shape index (κ3) is 4.06. The number of carbonyl (C=O) groups excluding carboxylic acids is 2. The van der Waals surface area contributed by atoms with Gasteiger partial charge in [-0.25, -0.2) is 4.79 Å². The van der Waals surface area contributed by atoms with Gasteiger partial charge in [-0.1, -0.05) is 0 Å². The van der Waals surface area contributed by atoms with E-state index in [0.29, 0.717) is 22.8 Å². The van der Waals surface area contributed by atoms with Crippen LogP contribution >= 0.6 is 0 Å². The van der Waals surface area contributed by atoms with Gasteiger partial charge < -0.3 is 20.2 Å². The minimum atomic E-state index is -1.07. The third-order valence-corrected chi connectivity index (χ3v) is 3.99. The molecule has 0 radical (unpaired) electrons. The molecule has 1 saturated carbocycles. The van der Waals surface area contributed by atoms with E-state index in [2.05, 4.69) is 10.6 Å². The van der Waals surface area contributed by atoms with Gasteiger partial charge in [-0.2, -0.15) is 0 Å². The van der Waals surface area contributed by atoms with Gasteiger partial charge in [0.2, 0.25) is 5.91 Å². The maximum Gasteiger partial charge on any atom is 0.339 e. The Morgan fingerprint density at radius 1 is 1.20 bits per heavy atom. The first-order valence-corrected chi connectivity index (χ1v) is 7.96. The van der Waals surface area contributed by atoms with Crippen molar-refractivity contribution < 1.29 is 23.9 Å². The number of anilines is 1. The van der Waals surface area contributed by atoms with Crippen LogP contribution in [0.1, 0.15) is 45.1 Å². The summed E-state index contributed by atoms with van der Waals surface area (Å²) in [6, 6.07) is 7.99. The Balaban J connectivity index is 1.56. The summed E-state index contributed by atoms with van der Waals surface area (Å²) in [5, 5.41) is 14.5. The highest BCUT2D eigenvalue weighted by Crippen LogP contribution is 2.30. The van der Waals surface area contributed by atoms with Crippen LogP contribution in [-0.4, -0.2) is 22.9 Å². The first kappa shape index (κ1) is 16.8. The van der Waals surface area contributed by atoms with Crippen LogP contribution in [-0.2, 0) is 11.3 Å². The van der Waals surface area contributed by atoms with Crippen LogP contribution in [0.2, 0.25) is 0 Å². The van der Waals surface area contributed by atoms with Gasteiger partial charge in [0.1, 0.15) is 17.1 Å². The Bertz CT molecular complexity index is 818. The van der Waals surface area contributed by atoms with Gasteiger partial charge in [0.05, 0.1) is 6.54 Å². The molecule has 3 N–H and O–H groups in total. The molecule has 1 heterocycles. The Kier molecular flexibility index (Phi) is 4.56. The first-order valence-electron chi connectivity index (χ1n) is 7.96. The van der Waals surface area contributed by atoms with Gasteiger partial charge in [-0.05, 0) is 50.1 Å². The summed E-state index contributed by atoms with van der Waals surface area (Å²) >= 11 is 0. The van der Waals surface area contributed by atoms with E-state index in [-0.39, 0.29) is 29.8 Å². The number of aromatic carboxylic acids is 1. The quantitative estimate of drug-likeness (QED) is 0.747. The van der Waals surface area contributed by atoms with Crippen molar-refractivity contribution in [3.05, 3.63) is 53.0 Å². The smallest absolute Gasteiger partial charge is 0.339 e. The first-order chi connectivity index (χ1) is 11.9. The fourth-order valence-corrected chi connectivity index (χ4v) is 2.41. The maximum atomic E-state index is 12.1. The molecule has 7 heteroatoms. The Morgan fingerprint density at radius 2 is 1.88 bits per heavy atom. The average molecular weight is 342 g/mol. The number of carboxylic acids is 1. The summed E-state index contributed by atoms with van der Waals surface area (Å²) in [5.74, 6) is -0.576. The SMILES string of the molecule is Cc1oc(CNC(=O)c2ccc(NC(=O)C3CC3)cc2)cc1C(=O)O. The highest BCUT2D eigenvalue weighted by molar-refractivity contribution is 5.96. The normalized spacial score (nSPS) is 13.3. The van der Waals surface area contributed by atoms with Crippen LogP contribution in [0.3, 0.4) is 0 Å². The second-order valence-corrected chi connectivity index (χ2v) is 6.01. The minimum Gasteiger partial charge on any atom is -0.478 e.